The lowest BCUT2D eigenvalue weighted by atomic mass is 9.82. The van der Waals surface area contributed by atoms with E-state index in [1.54, 1.807) is 6.92 Å². The SMILES string of the molecule is C[C@@H]1C(O)[C@@H](OC2C(O)C(O[C@H]3O[C@H](CNCCO)CCC3N)[C@@H](N)C[C@H]2NC(=O)[C@@H](O)CN)OCC1(C)O. The molecule has 2 heterocycles. The second-order valence-electron chi connectivity index (χ2n) is 11.1. The number of nitrogens with two attached hydrogens (primary N) is 3. The highest BCUT2D eigenvalue weighted by Gasteiger charge is 2.51. The lowest BCUT2D eigenvalue weighted by molar-refractivity contribution is -0.314. The van der Waals surface area contributed by atoms with Gasteiger partial charge < -0.3 is 72.3 Å². The summed E-state index contributed by atoms with van der Waals surface area (Å²) in [4.78, 5) is 12.5. The van der Waals surface area contributed by atoms with Crippen molar-refractivity contribution in [1.82, 2.24) is 10.6 Å². The van der Waals surface area contributed by atoms with Gasteiger partial charge in [0, 0.05) is 31.6 Å². The van der Waals surface area contributed by atoms with Crippen molar-refractivity contribution in [3.05, 3.63) is 0 Å². The van der Waals surface area contributed by atoms with E-state index >= 15 is 0 Å². The first-order valence-corrected chi connectivity index (χ1v) is 13.6. The van der Waals surface area contributed by atoms with Crippen molar-refractivity contribution in [3.63, 3.8) is 0 Å². The number of carbonyl (C=O) groups excluding carboxylic acids is 1. The predicted octanol–water partition coefficient (Wildman–Crippen LogP) is -4.83. The number of hydrogen-bond donors (Lipinski definition) is 10. The topological polar surface area (TPSA) is 257 Å². The van der Waals surface area contributed by atoms with E-state index in [0.29, 0.717) is 25.9 Å². The summed E-state index contributed by atoms with van der Waals surface area (Å²) in [5, 5.41) is 57.2. The number of hydrogen-bond acceptors (Lipinski definition) is 14. The van der Waals surface area contributed by atoms with Gasteiger partial charge in [-0.25, -0.2) is 0 Å². The molecular weight excluding hydrogens is 518 g/mol. The van der Waals surface area contributed by atoms with Crippen LogP contribution < -0.4 is 27.8 Å². The van der Waals surface area contributed by atoms with Gasteiger partial charge in [0.25, 0.3) is 0 Å². The van der Waals surface area contributed by atoms with Gasteiger partial charge in [-0.05, 0) is 26.2 Å². The maximum Gasteiger partial charge on any atom is 0.250 e. The Morgan fingerprint density at radius 3 is 2.49 bits per heavy atom. The first kappa shape index (κ1) is 32.5. The zero-order chi connectivity index (χ0) is 28.9. The number of rotatable bonds is 11. The molecule has 228 valence electrons. The maximum absolute atomic E-state index is 12.5. The van der Waals surface area contributed by atoms with E-state index in [2.05, 4.69) is 10.6 Å². The molecule has 2 aliphatic heterocycles. The first-order valence-electron chi connectivity index (χ1n) is 13.6. The van der Waals surface area contributed by atoms with Crippen LogP contribution in [0.1, 0.15) is 33.1 Å². The average Bonchev–Trinajstić information content (AvgIpc) is 2.89. The van der Waals surface area contributed by atoms with Gasteiger partial charge in [-0.15, -0.1) is 0 Å². The molecule has 0 bridgehead atoms. The van der Waals surface area contributed by atoms with Gasteiger partial charge in [-0.1, -0.05) is 6.92 Å². The van der Waals surface area contributed by atoms with Crippen LogP contribution in [0, 0.1) is 5.92 Å². The van der Waals surface area contributed by atoms with Gasteiger partial charge in [0.05, 0.1) is 37.0 Å². The number of aliphatic hydroxyl groups excluding tert-OH is 4. The Bertz CT molecular complexity index is 782. The molecule has 3 aliphatic rings. The van der Waals surface area contributed by atoms with Crippen LogP contribution in [0.5, 0.6) is 0 Å². The maximum atomic E-state index is 12.5. The van der Waals surface area contributed by atoms with Crippen molar-refractivity contribution in [2.75, 3.05) is 32.8 Å². The van der Waals surface area contributed by atoms with Crippen molar-refractivity contribution in [1.29, 1.82) is 0 Å². The molecule has 3 fully saturated rings. The van der Waals surface area contributed by atoms with E-state index in [1.165, 1.54) is 6.92 Å². The summed E-state index contributed by atoms with van der Waals surface area (Å²) in [5.74, 6) is -1.39. The van der Waals surface area contributed by atoms with Crippen molar-refractivity contribution < 1.29 is 49.3 Å². The van der Waals surface area contributed by atoms with E-state index in [-0.39, 0.29) is 32.3 Å². The molecule has 1 amide bonds. The molecule has 0 aromatic rings. The summed E-state index contributed by atoms with van der Waals surface area (Å²) >= 11 is 0. The Hall–Kier alpha value is -1.05. The molecular formula is C24H47N5O10. The third-order valence-corrected chi connectivity index (χ3v) is 7.92. The molecule has 0 aromatic heterocycles. The zero-order valence-corrected chi connectivity index (χ0v) is 22.6. The van der Waals surface area contributed by atoms with Gasteiger partial charge in [-0.3, -0.25) is 4.79 Å². The fraction of sp³-hybridized carbons (Fsp3) is 0.958. The highest BCUT2D eigenvalue weighted by molar-refractivity contribution is 5.81. The van der Waals surface area contributed by atoms with Crippen LogP contribution in [0.2, 0.25) is 0 Å². The average molecular weight is 566 g/mol. The molecule has 6 unspecified atom stereocenters. The Balaban J connectivity index is 1.76. The first-order chi connectivity index (χ1) is 18.4. The van der Waals surface area contributed by atoms with E-state index in [9.17, 15) is 25.2 Å². The standard InChI is InChI=1S/C24H47N5O10/c1-11-17(32)23(36-10-24(11,2)35)39-20-15(29-21(34)16(31)8-25)7-14(27)19(18(20)33)38-22-13(26)4-3-12(37-22)9-28-5-6-30/h11-20,22-23,28,30-33,35H,3-10,25-27H2,1-2H3,(H,29,34)/t11-,12+,13?,14+,15-,16+,17?,18?,19?,20?,22-,23-,24?/m1/s1. The Labute approximate surface area is 228 Å². The molecule has 1 saturated carbocycles. The Kier molecular flexibility index (Phi) is 11.8. The minimum atomic E-state index is -1.48. The van der Waals surface area contributed by atoms with E-state index in [0.717, 1.165) is 0 Å². The third kappa shape index (κ3) is 8.03. The quantitative estimate of drug-likeness (QED) is 0.105. The summed E-state index contributed by atoms with van der Waals surface area (Å²) in [6, 6.07) is -2.17. The largest absolute Gasteiger partial charge is 0.395 e. The number of ether oxygens (including phenoxy) is 4. The Morgan fingerprint density at radius 1 is 1.13 bits per heavy atom. The number of aliphatic hydroxyl groups is 5. The monoisotopic (exact) mass is 565 g/mol. The van der Waals surface area contributed by atoms with E-state index in [4.69, 9.17) is 41.3 Å². The Morgan fingerprint density at radius 2 is 1.82 bits per heavy atom. The van der Waals surface area contributed by atoms with Crippen LogP contribution in [0.15, 0.2) is 0 Å². The summed E-state index contributed by atoms with van der Waals surface area (Å²) < 4.78 is 23.7. The van der Waals surface area contributed by atoms with Crippen LogP contribution in [0.25, 0.3) is 0 Å². The smallest absolute Gasteiger partial charge is 0.250 e. The molecule has 39 heavy (non-hydrogen) atoms. The van der Waals surface area contributed by atoms with Gasteiger partial charge in [-0.2, -0.15) is 0 Å². The van der Waals surface area contributed by atoms with Crippen molar-refractivity contribution in [2.24, 2.45) is 23.1 Å². The van der Waals surface area contributed by atoms with E-state index < -0.39 is 78.7 Å². The van der Waals surface area contributed by atoms with Crippen LogP contribution >= 0.6 is 0 Å². The second-order valence-corrected chi connectivity index (χ2v) is 11.1. The molecule has 2 saturated heterocycles. The van der Waals surface area contributed by atoms with Crippen LogP contribution in [-0.2, 0) is 23.7 Å². The van der Waals surface area contributed by atoms with Gasteiger partial charge in [0.2, 0.25) is 5.91 Å². The van der Waals surface area contributed by atoms with Crippen LogP contribution in [-0.4, -0.2) is 137 Å². The molecule has 0 aromatic carbocycles. The number of amides is 1. The minimum absolute atomic E-state index is 0.00753. The molecule has 1 aliphatic carbocycles. The van der Waals surface area contributed by atoms with E-state index in [1.807, 2.05) is 0 Å². The van der Waals surface area contributed by atoms with Gasteiger partial charge in [0.15, 0.2) is 12.6 Å². The van der Waals surface area contributed by atoms with Crippen LogP contribution in [0.4, 0.5) is 0 Å². The molecule has 15 heteroatoms. The summed E-state index contributed by atoms with van der Waals surface area (Å²) in [7, 11) is 0. The fourth-order valence-electron chi connectivity index (χ4n) is 5.14. The molecule has 0 spiro atoms. The normalized spacial score (nSPS) is 44.1. The van der Waals surface area contributed by atoms with Crippen LogP contribution in [0.3, 0.4) is 0 Å². The molecule has 13 atom stereocenters. The lowest BCUT2D eigenvalue weighted by Crippen LogP contribution is -2.68. The second kappa shape index (κ2) is 14.2. The zero-order valence-electron chi connectivity index (χ0n) is 22.6. The minimum Gasteiger partial charge on any atom is -0.395 e. The summed E-state index contributed by atoms with van der Waals surface area (Å²) in [5.41, 5.74) is 16.8. The molecule has 0 radical (unpaired) electrons. The highest BCUT2D eigenvalue weighted by Crippen LogP contribution is 2.34. The number of nitrogens with one attached hydrogen (secondary N) is 2. The van der Waals surface area contributed by atoms with Gasteiger partial charge in [0.1, 0.15) is 30.5 Å². The fourth-order valence-corrected chi connectivity index (χ4v) is 5.14. The van der Waals surface area contributed by atoms with Crippen molar-refractivity contribution in [2.45, 2.75) is 106 Å². The molecule has 13 N–H and O–H groups in total. The summed E-state index contributed by atoms with van der Waals surface area (Å²) in [6.45, 7) is 3.63. The van der Waals surface area contributed by atoms with Crippen molar-refractivity contribution >= 4 is 5.91 Å². The number of carbonyl (C=O) groups is 1. The summed E-state index contributed by atoms with van der Waals surface area (Å²) in [6.07, 6.45) is -7.34. The lowest BCUT2D eigenvalue weighted by Gasteiger charge is -2.48. The predicted molar refractivity (Wildman–Crippen MR) is 137 cm³/mol. The third-order valence-electron chi connectivity index (χ3n) is 7.92. The molecule has 15 nitrogen and oxygen atoms in total. The van der Waals surface area contributed by atoms with Crippen molar-refractivity contribution in [3.8, 4) is 0 Å². The van der Waals surface area contributed by atoms with Gasteiger partial charge >= 0.3 is 0 Å². The highest BCUT2D eigenvalue weighted by atomic mass is 16.7. The molecule has 3 rings (SSSR count).